The molecule has 110 valence electrons. The average Bonchev–Trinajstić information content (AvgIpc) is 2.47. The molecule has 3 aromatic rings. The van der Waals surface area contributed by atoms with Crippen LogP contribution >= 0.6 is 0 Å². The van der Waals surface area contributed by atoms with Crippen molar-refractivity contribution in [1.29, 1.82) is 0 Å². The van der Waals surface area contributed by atoms with Gasteiger partial charge in [0.05, 0.1) is 0 Å². The van der Waals surface area contributed by atoms with Crippen LogP contribution in [0.4, 0.5) is 5.69 Å². The van der Waals surface area contributed by atoms with Gasteiger partial charge in [0.15, 0.2) is 0 Å². The zero-order valence-electron chi connectivity index (χ0n) is 12.8. The Morgan fingerprint density at radius 2 is 1.36 bits per heavy atom. The van der Waals surface area contributed by atoms with E-state index in [9.17, 15) is 5.11 Å². The summed E-state index contributed by atoms with van der Waals surface area (Å²) in [6.45, 7) is 4.24. The van der Waals surface area contributed by atoms with E-state index in [0.29, 0.717) is 0 Å². The second kappa shape index (κ2) is 5.57. The van der Waals surface area contributed by atoms with Gasteiger partial charge in [-0.3, -0.25) is 0 Å². The molecule has 0 amide bonds. The highest BCUT2D eigenvalue weighted by molar-refractivity contribution is 5.78. The molecule has 0 unspecified atom stereocenters. The van der Waals surface area contributed by atoms with Crippen molar-refractivity contribution in [2.75, 3.05) is 5.73 Å². The van der Waals surface area contributed by atoms with Crippen molar-refractivity contribution < 1.29 is 5.11 Å². The lowest BCUT2D eigenvalue weighted by Gasteiger charge is -2.14. The normalized spacial score (nSPS) is 10.6. The van der Waals surface area contributed by atoms with Crippen LogP contribution in [-0.4, -0.2) is 5.11 Å². The first kappa shape index (κ1) is 14.2. The minimum Gasteiger partial charge on any atom is -0.508 e. The maximum Gasteiger partial charge on any atom is 0.115 e. The molecular weight excluding hydrogens is 270 g/mol. The number of benzene rings is 3. The fourth-order valence-corrected chi connectivity index (χ4v) is 2.93. The van der Waals surface area contributed by atoms with E-state index in [-0.39, 0.29) is 5.75 Å². The largest absolute Gasteiger partial charge is 0.508 e. The summed E-state index contributed by atoms with van der Waals surface area (Å²) >= 11 is 0. The standard InChI is InChI=1S/C20H19NO/c1-13-10-17(15-6-8-19(22)9-7-15)11-14(2)20(13)16-4-3-5-18(21)12-16/h3-12,22H,21H2,1-2H3. The summed E-state index contributed by atoms with van der Waals surface area (Å²) < 4.78 is 0. The van der Waals surface area contributed by atoms with Gasteiger partial charge in [-0.05, 0) is 71.5 Å². The number of phenols is 1. The topological polar surface area (TPSA) is 46.2 Å². The highest BCUT2D eigenvalue weighted by atomic mass is 16.3. The van der Waals surface area contributed by atoms with Crippen molar-refractivity contribution >= 4 is 5.69 Å². The first-order valence-corrected chi connectivity index (χ1v) is 7.31. The van der Waals surface area contributed by atoms with Gasteiger partial charge in [-0.25, -0.2) is 0 Å². The molecule has 0 aliphatic carbocycles. The third-order valence-corrected chi connectivity index (χ3v) is 3.91. The van der Waals surface area contributed by atoms with Crippen LogP contribution in [0.1, 0.15) is 11.1 Å². The van der Waals surface area contributed by atoms with Gasteiger partial charge in [0.2, 0.25) is 0 Å². The Morgan fingerprint density at radius 3 is 1.95 bits per heavy atom. The van der Waals surface area contributed by atoms with Crippen molar-refractivity contribution in [3.05, 3.63) is 71.8 Å². The van der Waals surface area contributed by atoms with Gasteiger partial charge in [0, 0.05) is 5.69 Å². The molecule has 0 aromatic heterocycles. The highest BCUT2D eigenvalue weighted by Crippen LogP contribution is 2.33. The second-order valence-corrected chi connectivity index (χ2v) is 5.66. The molecule has 22 heavy (non-hydrogen) atoms. The van der Waals surface area contributed by atoms with Crippen molar-refractivity contribution in [2.24, 2.45) is 0 Å². The third kappa shape index (κ3) is 2.68. The SMILES string of the molecule is Cc1cc(-c2ccc(O)cc2)cc(C)c1-c1cccc(N)c1. The van der Waals surface area contributed by atoms with E-state index in [2.05, 4.69) is 32.0 Å². The predicted molar refractivity (Wildman–Crippen MR) is 92.9 cm³/mol. The number of hydrogen-bond acceptors (Lipinski definition) is 2. The predicted octanol–water partition coefficient (Wildman–Crippen LogP) is 4.93. The van der Waals surface area contributed by atoms with Crippen LogP contribution in [0.3, 0.4) is 0 Å². The lowest BCUT2D eigenvalue weighted by molar-refractivity contribution is 0.475. The summed E-state index contributed by atoms with van der Waals surface area (Å²) in [4.78, 5) is 0. The lowest BCUT2D eigenvalue weighted by Crippen LogP contribution is -1.92. The van der Waals surface area contributed by atoms with Crippen LogP contribution in [0.5, 0.6) is 5.75 Å². The maximum absolute atomic E-state index is 9.42. The van der Waals surface area contributed by atoms with Crippen LogP contribution in [0, 0.1) is 13.8 Å². The van der Waals surface area contributed by atoms with Gasteiger partial charge in [0.25, 0.3) is 0 Å². The van der Waals surface area contributed by atoms with E-state index < -0.39 is 0 Å². The Balaban J connectivity index is 2.10. The van der Waals surface area contributed by atoms with Gasteiger partial charge >= 0.3 is 0 Å². The molecule has 2 nitrogen and oxygen atoms in total. The molecule has 0 fully saturated rings. The summed E-state index contributed by atoms with van der Waals surface area (Å²) in [5.41, 5.74) is 13.7. The third-order valence-electron chi connectivity index (χ3n) is 3.91. The highest BCUT2D eigenvalue weighted by Gasteiger charge is 2.09. The van der Waals surface area contributed by atoms with Crippen molar-refractivity contribution in [2.45, 2.75) is 13.8 Å². The van der Waals surface area contributed by atoms with Crippen molar-refractivity contribution in [3.8, 4) is 28.0 Å². The number of aryl methyl sites for hydroxylation is 2. The molecule has 0 heterocycles. The molecule has 0 radical (unpaired) electrons. The van der Waals surface area contributed by atoms with Crippen molar-refractivity contribution in [1.82, 2.24) is 0 Å². The van der Waals surface area contributed by atoms with E-state index in [1.165, 1.54) is 16.7 Å². The van der Waals surface area contributed by atoms with Gasteiger partial charge in [-0.2, -0.15) is 0 Å². The zero-order chi connectivity index (χ0) is 15.7. The first-order chi connectivity index (χ1) is 10.5. The fraction of sp³-hybridized carbons (Fsp3) is 0.100. The number of anilines is 1. The number of nitrogens with two attached hydrogens (primary N) is 1. The molecule has 3 aromatic carbocycles. The van der Waals surface area contributed by atoms with Gasteiger partial charge < -0.3 is 10.8 Å². The van der Waals surface area contributed by atoms with Crippen LogP contribution in [-0.2, 0) is 0 Å². The van der Waals surface area contributed by atoms with Crippen LogP contribution in [0.15, 0.2) is 60.7 Å². The van der Waals surface area contributed by atoms with Crippen LogP contribution in [0.2, 0.25) is 0 Å². The quantitative estimate of drug-likeness (QED) is 0.657. The zero-order valence-corrected chi connectivity index (χ0v) is 12.8. The van der Waals surface area contributed by atoms with Crippen LogP contribution < -0.4 is 5.73 Å². The molecule has 0 saturated heterocycles. The maximum atomic E-state index is 9.42. The Morgan fingerprint density at radius 1 is 0.727 bits per heavy atom. The van der Waals surface area contributed by atoms with Crippen molar-refractivity contribution in [3.63, 3.8) is 0 Å². The monoisotopic (exact) mass is 289 g/mol. The number of phenolic OH excluding ortho intramolecular Hbond substituents is 1. The molecule has 0 aliphatic rings. The molecule has 2 heteroatoms. The Kier molecular flexibility index (Phi) is 3.60. The van der Waals surface area contributed by atoms with Crippen LogP contribution in [0.25, 0.3) is 22.3 Å². The van der Waals surface area contributed by atoms with E-state index in [4.69, 9.17) is 5.73 Å². The molecular formula is C20H19NO. The van der Waals surface area contributed by atoms with E-state index in [1.54, 1.807) is 12.1 Å². The summed E-state index contributed by atoms with van der Waals surface area (Å²) in [6.07, 6.45) is 0. The lowest BCUT2D eigenvalue weighted by atomic mass is 9.91. The first-order valence-electron chi connectivity index (χ1n) is 7.31. The molecule has 0 atom stereocenters. The molecule has 0 aliphatic heterocycles. The number of hydrogen-bond donors (Lipinski definition) is 2. The molecule has 0 saturated carbocycles. The minimum atomic E-state index is 0.286. The number of nitrogen functional groups attached to an aromatic ring is 1. The number of rotatable bonds is 2. The minimum absolute atomic E-state index is 0.286. The fourth-order valence-electron chi connectivity index (χ4n) is 2.93. The Bertz CT molecular complexity index is 796. The molecule has 3 N–H and O–H groups in total. The Hall–Kier alpha value is -2.74. The summed E-state index contributed by atoms with van der Waals surface area (Å²) in [5.74, 6) is 0.286. The second-order valence-electron chi connectivity index (χ2n) is 5.66. The number of aromatic hydroxyl groups is 1. The van der Waals surface area contributed by atoms with E-state index >= 15 is 0 Å². The van der Waals surface area contributed by atoms with Gasteiger partial charge in [-0.15, -0.1) is 0 Å². The van der Waals surface area contributed by atoms with Gasteiger partial charge in [0.1, 0.15) is 5.75 Å². The van der Waals surface area contributed by atoms with E-state index in [1.807, 2.05) is 30.3 Å². The average molecular weight is 289 g/mol. The van der Waals surface area contributed by atoms with E-state index in [0.717, 1.165) is 22.4 Å². The molecule has 0 bridgehead atoms. The summed E-state index contributed by atoms with van der Waals surface area (Å²) in [5, 5.41) is 9.42. The summed E-state index contributed by atoms with van der Waals surface area (Å²) in [7, 11) is 0. The smallest absolute Gasteiger partial charge is 0.115 e. The molecule has 0 spiro atoms. The Labute approximate surface area is 130 Å². The molecule has 3 rings (SSSR count). The van der Waals surface area contributed by atoms with Gasteiger partial charge in [-0.1, -0.05) is 36.4 Å². The summed E-state index contributed by atoms with van der Waals surface area (Å²) in [6, 6.07) is 19.6.